The third-order valence-corrected chi connectivity index (χ3v) is 10.2. The minimum Gasteiger partial charge on any atom is -0.409 e. The Labute approximate surface area is 151 Å². The Morgan fingerprint density at radius 3 is 2.25 bits per heavy atom. The van der Waals surface area contributed by atoms with Gasteiger partial charge in [-0.2, -0.15) is 0 Å². The molecular weight excluding hydrogens is 316 g/mol. The van der Waals surface area contributed by atoms with Crippen LogP contribution in [0.15, 0.2) is 12.7 Å². The van der Waals surface area contributed by atoms with Gasteiger partial charge in [0, 0.05) is 0 Å². The molecule has 1 aliphatic rings. The zero-order valence-electron chi connectivity index (χ0n) is 17.4. The molecule has 24 heavy (non-hydrogen) atoms. The van der Waals surface area contributed by atoms with E-state index >= 15 is 0 Å². The lowest BCUT2D eigenvalue weighted by atomic mass is 9.94. The Bertz CT molecular complexity index is 412. The van der Waals surface area contributed by atoms with Gasteiger partial charge >= 0.3 is 0 Å². The van der Waals surface area contributed by atoms with Gasteiger partial charge in [0.15, 0.2) is 14.6 Å². The van der Waals surface area contributed by atoms with Crippen LogP contribution in [0, 0.1) is 5.92 Å². The van der Waals surface area contributed by atoms with Crippen LogP contribution in [0.25, 0.3) is 0 Å². The summed E-state index contributed by atoms with van der Waals surface area (Å²) in [6.07, 6.45) is 4.75. The van der Waals surface area contributed by atoms with Crippen LogP contribution in [0.5, 0.6) is 0 Å². The lowest BCUT2D eigenvalue weighted by Crippen LogP contribution is -2.54. The van der Waals surface area contributed by atoms with Gasteiger partial charge in [0.1, 0.15) is 0 Å². The highest BCUT2D eigenvalue weighted by molar-refractivity contribution is 6.74. The Hall–Kier alpha value is -0.163. The predicted octanol–water partition coefficient (Wildman–Crippen LogP) is 5.91. The fourth-order valence-electron chi connectivity index (χ4n) is 2.69. The summed E-state index contributed by atoms with van der Waals surface area (Å²) >= 11 is 0. The maximum absolute atomic E-state index is 6.69. The van der Waals surface area contributed by atoms with Crippen LogP contribution in [0.1, 0.15) is 67.7 Å². The first kappa shape index (κ1) is 21.9. The van der Waals surface area contributed by atoms with E-state index in [1.165, 1.54) is 0 Å². The van der Waals surface area contributed by atoms with Crippen molar-refractivity contribution in [3.63, 3.8) is 0 Å². The number of hydrogen-bond acceptors (Lipinski definition) is 3. The first-order chi connectivity index (χ1) is 10.8. The molecule has 1 fully saturated rings. The van der Waals surface area contributed by atoms with Crippen LogP contribution in [-0.4, -0.2) is 32.4 Å². The van der Waals surface area contributed by atoms with E-state index in [0.717, 1.165) is 19.3 Å². The van der Waals surface area contributed by atoms with Crippen molar-refractivity contribution in [1.29, 1.82) is 0 Å². The molecule has 0 bridgehead atoms. The largest absolute Gasteiger partial charge is 0.409 e. The topological polar surface area (TPSA) is 27.7 Å². The highest BCUT2D eigenvalue weighted by Gasteiger charge is 2.45. The second-order valence-electron chi connectivity index (χ2n) is 9.54. The van der Waals surface area contributed by atoms with Crippen molar-refractivity contribution in [3.05, 3.63) is 12.7 Å². The highest BCUT2D eigenvalue weighted by atomic mass is 28.4. The van der Waals surface area contributed by atoms with Gasteiger partial charge in [0.25, 0.3) is 0 Å². The third-order valence-electron chi connectivity index (χ3n) is 5.70. The van der Waals surface area contributed by atoms with Gasteiger partial charge in [-0.25, -0.2) is 0 Å². The lowest BCUT2D eigenvalue weighted by Gasteiger charge is -2.47. The molecular formula is C20H40O3Si. The molecule has 1 saturated heterocycles. The number of hydrogen-bond donors (Lipinski definition) is 0. The van der Waals surface area contributed by atoms with Crippen molar-refractivity contribution in [3.8, 4) is 0 Å². The quantitative estimate of drug-likeness (QED) is 0.419. The maximum atomic E-state index is 6.69. The average Bonchev–Trinajstić information content (AvgIpc) is 2.40. The summed E-state index contributed by atoms with van der Waals surface area (Å²) in [4.78, 5) is 0. The molecule has 0 aliphatic carbocycles. The van der Waals surface area contributed by atoms with Crippen molar-refractivity contribution in [2.24, 2.45) is 5.92 Å². The van der Waals surface area contributed by atoms with E-state index in [4.69, 9.17) is 13.9 Å². The van der Waals surface area contributed by atoms with Crippen LogP contribution >= 0.6 is 0 Å². The van der Waals surface area contributed by atoms with Gasteiger partial charge in [-0.1, -0.05) is 33.8 Å². The Morgan fingerprint density at radius 2 is 1.75 bits per heavy atom. The molecule has 0 aromatic carbocycles. The predicted molar refractivity (Wildman–Crippen MR) is 105 cm³/mol. The smallest absolute Gasteiger partial charge is 0.192 e. The number of rotatable bonds is 7. The summed E-state index contributed by atoms with van der Waals surface area (Å²) in [5.74, 6) is 0.482. The van der Waals surface area contributed by atoms with E-state index in [1.807, 2.05) is 6.08 Å². The van der Waals surface area contributed by atoms with Crippen molar-refractivity contribution in [2.75, 3.05) is 0 Å². The summed E-state index contributed by atoms with van der Waals surface area (Å²) in [7, 11) is -1.86. The van der Waals surface area contributed by atoms with Crippen LogP contribution in [0.2, 0.25) is 18.1 Å². The molecule has 0 aromatic heterocycles. The third kappa shape index (κ3) is 5.97. The van der Waals surface area contributed by atoms with E-state index in [-0.39, 0.29) is 29.1 Å². The molecule has 4 atom stereocenters. The maximum Gasteiger partial charge on any atom is 0.192 e. The van der Waals surface area contributed by atoms with E-state index in [1.54, 1.807) is 0 Å². The first-order valence-electron chi connectivity index (χ1n) is 9.41. The summed E-state index contributed by atoms with van der Waals surface area (Å²) in [6, 6.07) is 0. The van der Waals surface area contributed by atoms with Gasteiger partial charge in [-0.05, 0) is 64.1 Å². The zero-order chi connectivity index (χ0) is 18.8. The zero-order valence-corrected chi connectivity index (χ0v) is 18.4. The summed E-state index contributed by atoms with van der Waals surface area (Å²) in [5, 5.41) is 0.183. The van der Waals surface area contributed by atoms with Crippen LogP contribution < -0.4 is 0 Å². The Balaban J connectivity index is 2.90. The van der Waals surface area contributed by atoms with E-state index in [9.17, 15) is 0 Å². The molecule has 0 N–H and O–H groups in total. The summed E-state index contributed by atoms with van der Waals surface area (Å²) in [5.41, 5.74) is -0.242. The van der Waals surface area contributed by atoms with Crippen LogP contribution in [-0.2, 0) is 13.9 Å². The highest BCUT2D eigenvalue weighted by Crippen LogP contribution is 2.40. The SMILES string of the molecule is C=CCCC(C)(C)O[C@@H]1O[C@@H](C)[C@H](C)C[C@H]1O[Si](C)(C)C(C)(C)C. The second-order valence-corrected chi connectivity index (χ2v) is 14.3. The van der Waals surface area contributed by atoms with Crippen LogP contribution in [0.4, 0.5) is 0 Å². The molecule has 0 amide bonds. The van der Waals surface area contributed by atoms with Crippen molar-refractivity contribution in [1.82, 2.24) is 0 Å². The average molecular weight is 357 g/mol. The molecule has 1 aliphatic heterocycles. The molecule has 3 nitrogen and oxygen atoms in total. The molecule has 0 unspecified atom stereocenters. The molecule has 1 heterocycles. The van der Waals surface area contributed by atoms with Gasteiger partial charge in [0.05, 0.1) is 17.8 Å². The van der Waals surface area contributed by atoms with Gasteiger partial charge in [0.2, 0.25) is 0 Å². The molecule has 0 aromatic rings. The molecule has 0 saturated carbocycles. The minimum absolute atomic E-state index is 0.0140. The van der Waals surface area contributed by atoms with Gasteiger partial charge in [-0.3, -0.25) is 0 Å². The van der Waals surface area contributed by atoms with Crippen molar-refractivity contribution < 1.29 is 13.9 Å². The Kier molecular flexibility index (Phi) is 7.32. The van der Waals surface area contributed by atoms with E-state index in [2.05, 4.69) is 68.1 Å². The molecule has 4 heteroatoms. The molecule has 0 radical (unpaired) electrons. The monoisotopic (exact) mass is 356 g/mol. The standard InChI is InChI=1S/C20H40O3Si/c1-11-12-13-20(7,8)22-18-17(14-15(2)16(3)21-18)23-24(9,10)19(4,5)6/h11,15-18H,1,12-14H2,2-10H3/t15-,16+,17-,18+/m1/s1. The fourth-order valence-corrected chi connectivity index (χ4v) is 4.01. The summed E-state index contributed by atoms with van der Waals surface area (Å²) < 4.78 is 19.3. The number of ether oxygens (including phenoxy) is 2. The molecule has 1 rings (SSSR count). The second kappa shape index (κ2) is 8.03. The Morgan fingerprint density at radius 1 is 1.17 bits per heavy atom. The summed E-state index contributed by atoms with van der Waals surface area (Å²) in [6.45, 7) is 23.9. The van der Waals surface area contributed by atoms with Gasteiger partial charge < -0.3 is 13.9 Å². The molecule has 142 valence electrons. The molecule has 0 spiro atoms. The van der Waals surface area contributed by atoms with Gasteiger partial charge in [-0.15, -0.1) is 6.58 Å². The minimum atomic E-state index is -1.86. The van der Waals surface area contributed by atoms with Crippen molar-refractivity contribution >= 4 is 8.32 Å². The normalized spacial score (nSPS) is 29.5. The van der Waals surface area contributed by atoms with Crippen LogP contribution in [0.3, 0.4) is 0 Å². The van der Waals surface area contributed by atoms with E-state index in [0.29, 0.717) is 5.92 Å². The first-order valence-corrected chi connectivity index (χ1v) is 12.3. The van der Waals surface area contributed by atoms with E-state index < -0.39 is 8.32 Å². The van der Waals surface area contributed by atoms with Crippen molar-refractivity contribution in [2.45, 2.75) is 110 Å². The number of allylic oxidation sites excluding steroid dienone is 1. The lowest BCUT2D eigenvalue weighted by molar-refractivity contribution is -0.280. The fraction of sp³-hybridized carbons (Fsp3) is 0.900.